The van der Waals surface area contributed by atoms with Crippen LogP contribution in [-0.2, 0) is 0 Å². The van der Waals surface area contributed by atoms with Crippen molar-refractivity contribution in [1.82, 2.24) is 0 Å². The Labute approximate surface area is 96.3 Å². The van der Waals surface area contributed by atoms with E-state index in [1.807, 2.05) is 0 Å². The minimum Gasteiger partial charge on any atom is -0.393 e. The highest BCUT2D eigenvalue weighted by atomic mass is 16.3. The first kappa shape index (κ1) is 15.0. The van der Waals surface area contributed by atoms with Gasteiger partial charge in [0.2, 0.25) is 0 Å². The molecule has 2 atom stereocenters. The molecule has 0 aliphatic rings. The van der Waals surface area contributed by atoms with Gasteiger partial charge in [-0.1, -0.05) is 59.3 Å². The molecule has 0 rings (SSSR count). The first-order valence-corrected chi connectivity index (χ1v) is 6.92. The van der Waals surface area contributed by atoms with Crippen molar-refractivity contribution in [3.8, 4) is 0 Å². The number of unbranched alkanes of at least 4 members (excludes halogenated alkanes) is 2. The average Bonchev–Trinajstić information content (AvgIpc) is 2.26. The summed E-state index contributed by atoms with van der Waals surface area (Å²) in [6, 6.07) is 0. The van der Waals surface area contributed by atoms with Crippen LogP contribution in [0.4, 0.5) is 0 Å². The molecular formula is C14H30O. The van der Waals surface area contributed by atoms with E-state index in [1.54, 1.807) is 0 Å². The van der Waals surface area contributed by atoms with E-state index < -0.39 is 0 Å². The van der Waals surface area contributed by atoms with E-state index in [-0.39, 0.29) is 6.10 Å². The van der Waals surface area contributed by atoms with E-state index in [2.05, 4.69) is 20.8 Å². The minimum absolute atomic E-state index is 0.0411. The van der Waals surface area contributed by atoms with Gasteiger partial charge in [0.15, 0.2) is 0 Å². The monoisotopic (exact) mass is 214 g/mol. The summed E-state index contributed by atoms with van der Waals surface area (Å²) >= 11 is 0. The number of aliphatic hydroxyl groups excluding tert-OH is 1. The molecule has 0 bridgehead atoms. The summed E-state index contributed by atoms with van der Waals surface area (Å²) in [5.74, 6) is 0.848. The fourth-order valence-electron chi connectivity index (χ4n) is 2.06. The van der Waals surface area contributed by atoms with Crippen LogP contribution in [0.25, 0.3) is 0 Å². The van der Waals surface area contributed by atoms with Gasteiger partial charge in [-0.2, -0.15) is 0 Å². The topological polar surface area (TPSA) is 20.2 Å². The molecule has 1 N–H and O–H groups in total. The second kappa shape index (κ2) is 10.5. The number of hydrogen-bond donors (Lipinski definition) is 1. The van der Waals surface area contributed by atoms with Gasteiger partial charge in [0.25, 0.3) is 0 Å². The Morgan fingerprint density at radius 3 is 1.93 bits per heavy atom. The summed E-state index contributed by atoms with van der Waals surface area (Å²) in [6.07, 6.45) is 10.9. The maximum Gasteiger partial charge on any atom is 0.0540 e. The van der Waals surface area contributed by atoms with E-state index in [0.717, 1.165) is 18.8 Å². The maximum atomic E-state index is 9.75. The third-order valence-corrected chi connectivity index (χ3v) is 3.34. The van der Waals surface area contributed by atoms with Crippen LogP contribution >= 0.6 is 0 Å². The van der Waals surface area contributed by atoms with Gasteiger partial charge in [0.1, 0.15) is 0 Å². The van der Waals surface area contributed by atoms with Gasteiger partial charge in [-0.05, 0) is 25.2 Å². The van der Waals surface area contributed by atoms with Crippen molar-refractivity contribution in [2.24, 2.45) is 5.92 Å². The molecule has 0 saturated carbocycles. The Hall–Kier alpha value is -0.0400. The van der Waals surface area contributed by atoms with Crippen molar-refractivity contribution >= 4 is 0 Å². The van der Waals surface area contributed by atoms with Crippen LogP contribution in [0.3, 0.4) is 0 Å². The summed E-state index contributed by atoms with van der Waals surface area (Å²) < 4.78 is 0. The lowest BCUT2D eigenvalue weighted by Crippen LogP contribution is -2.09. The van der Waals surface area contributed by atoms with E-state index in [1.165, 1.54) is 44.9 Å². The van der Waals surface area contributed by atoms with Crippen LogP contribution in [0.2, 0.25) is 0 Å². The molecule has 0 aromatic heterocycles. The van der Waals surface area contributed by atoms with Crippen LogP contribution in [0, 0.1) is 5.92 Å². The van der Waals surface area contributed by atoms with Gasteiger partial charge in [0, 0.05) is 0 Å². The second-order valence-electron chi connectivity index (χ2n) is 4.79. The SMILES string of the molecule is CCCCC(O)CCC(CC)CCCC. The highest BCUT2D eigenvalue weighted by molar-refractivity contribution is 4.62. The van der Waals surface area contributed by atoms with Gasteiger partial charge in [-0.25, -0.2) is 0 Å². The summed E-state index contributed by atoms with van der Waals surface area (Å²) in [7, 11) is 0. The van der Waals surface area contributed by atoms with Gasteiger partial charge in [-0.15, -0.1) is 0 Å². The number of hydrogen-bond acceptors (Lipinski definition) is 1. The molecular weight excluding hydrogens is 184 g/mol. The Kier molecular flexibility index (Phi) is 10.4. The minimum atomic E-state index is -0.0411. The Morgan fingerprint density at radius 2 is 1.40 bits per heavy atom. The molecule has 0 aliphatic heterocycles. The second-order valence-corrected chi connectivity index (χ2v) is 4.79. The number of aliphatic hydroxyl groups is 1. The zero-order chi connectivity index (χ0) is 11.5. The molecule has 1 heteroatoms. The highest BCUT2D eigenvalue weighted by Gasteiger charge is 2.09. The molecule has 1 nitrogen and oxygen atoms in total. The quantitative estimate of drug-likeness (QED) is 0.566. The Bertz CT molecular complexity index is 123. The average molecular weight is 214 g/mol. The standard InChI is InChI=1S/C14H30O/c1-4-7-9-13(6-3)11-12-14(15)10-8-5-2/h13-15H,4-12H2,1-3H3. The smallest absolute Gasteiger partial charge is 0.0540 e. The molecule has 0 saturated heterocycles. The van der Waals surface area contributed by atoms with Crippen LogP contribution in [0.1, 0.15) is 78.6 Å². The van der Waals surface area contributed by atoms with Crippen LogP contribution in [0.5, 0.6) is 0 Å². The zero-order valence-electron chi connectivity index (χ0n) is 11.0. The molecule has 0 amide bonds. The lowest BCUT2D eigenvalue weighted by Gasteiger charge is -2.16. The molecule has 0 aromatic rings. The lowest BCUT2D eigenvalue weighted by molar-refractivity contribution is 0.140. The third-order valence-electron chi connectivity index (χ3n) is 3.34. The summed E-state index contributed by atoms with van der Waals surface area (Å²) in [6.45, 7) is 6.71. The molecule has 0 heterocycles. The van der Waals surface area contributed by atoms with Crippen molar-refractivity contribution in [3.05, 3.63) is 0 Å². The van der Waals surface area contributed by atoms with E-state index in [0.29, 0.717) is 0 Å². The molecule has 2 unspecified atom stereocenters. The highest BCUT2D eigenvalue weighted by Crippen LogP contribution is 2.20. The first-order valence-electron chi connectivity index (χ1n) is 6.92. The van der Waals surface area contributed by atoms with Crippen molar-refractivity contribution in [1.29, 1.82) is 0 Å². The van der Waals surface area contributed by atoms with Gasteiger partial charge < -0.3 is 5.11 Å². The predicted octanol–water partition coefficient (Wildman–Crippen LogP) is 4.53. The van der Waals surface area contributed by atoms with Crippen LogP contribution in [-0.4, -0.2) is 11.2 Å². The summed E-state index contributed by atoms with van der Waals surface area (Å²) in [4.78, 5) is 0. The molecule has 0 aromatic carbocycles. The molecule has 92 valence electrons. The molecule has 0 spiro atoms. The number of rotatable bonds is 10. The van der Waals surface area contributed by atoms with Gasteiger partial charge in [0.05, 0.1) is 6.10 Å². The van der Waals surface area contributed by atoms with Crippen LogP contribution < -0.4 is 0 Å². The van der Waals surface area contributed by atoms with Crippen molar-refractivity contribution in [2.75, 3.05) is 0 Å². The molecule has 0 fully saturated rings. The molecule has 0 radical (unpaired) electrons. The largest absolute Gasteiger partial charge is 0.393 e. The van der Waals surface area contributed by atoms with E-state index in [9.17, 15) is 5.11 Å². The van der Waals surface area contributed by atoms with Gasteiger partial charge in [-0.3, -0.25) is 0 Å². The Morgan fingerprint density at radius 1 is 0.800 bits per heavy atom. The van der Waals surface area contributed by atoms with Crippen molar-refractivity contribution in [3.63, 3.8) is 0 Å². The summed E-state index contributed by atoms with van der Waals surface area (Å²) in [5, 5.41) is 9.75. The normalized spacial score (nSPS) is 15.2. The lowest BCUT2D eigenvalue weighted by atomic mass is 9.92. The Balaban J connectivity index is 3.50. The fourth-order valence-corrected chi connectivity index (χ4v) is 2.06. The van der Waals surface area contributed by atoms with E-state index in [4.69, 9.17) is 0 Å². The molecule has 0 aliphatic carbocycles. The molecule has 15 heavy (non-hydrogen) atoms. The van der Waals surface area contributed by atoms with Crippen LogP contribution in [0.15, 0.2) is 0 Å². The first-order chi connectivity index (χ1) is 7.24. The zero-order valence-corrected chi connectivity index (χ0v) is 11.0. The third kappa shape index (κ3) is 8.92. The fraction of sp³-hybridized carbons (Fsp3) is 1.00. The predicted molar refractivity (Wildman–Crippen MR) is 68.1 cm³/mol. The maximum absolute atomic E-state index is 9.75. The summed E-state index contributed by atoms with van der Waals surface area (Å²) in [5.41, 5.74) is 0. The van der Waals surface area contributed by atoms with Crippen molar-refractivity contribution < 1.29 is 5.11 Å². The van der Waals surface area contributed by atoms with Crippen molar-refractivity contribution in [2.45, 2.75) is 84.7 Å². The van der Waals surface area contributed by atoms with E-state index >= 15 is 0 Å². The van der Waals surface area contributed by atoms with Gasteiger partial charge >= 0.3 is 0 Å².